The van der Waals surface area contributed by atoms with E-state index in [1.165, 1.54) is 18.4 Å². The highest BCUT2D eigenvalue weighted by molar-refractivity contribution is 5.99. The highest BCUT2D eigenvalue weighted by atomic mass is 16.5. The number of rotatable bonds is 8. The van der Waals surface area contributed by atoms with E-state index >= 15 is 0 Å². The summed E-state index contributed by atoms with van der Waals surface area (Å²) in [6, 6.07) is 0. The molecule has 0 aromatic carbocycles. The van der Waals surface area contributed by atoms with Crippen LogP contribution < -0.4 is 5.32 Å². The van der Waals surface area contributed by atoms with E-state index in [0.717, 1.165) is 19.3 Å². The molecular weight excluding hydrogens is 348 g/mol. The number of H-pyrrole nitrogens is 1. The minimum absolute atomic E-state index is 0.163. The van der Waals surface area contributed by atoms with Gasteiger partial charge < -0.3 is 19.8 Å². The van der Waals surface area contributed by atoms with Gasteiger partial charge in [0.25, 0.3) is 5.91 Å². The molecule has 1 aromatic heterocycles. The van der Waals surface area contributed by atoms with Gasteiger partial charge >= 0.3 is 11.9 Å². The van der Waals surface area contributed by atoms with Crippen LogP contribution in [-0.2, 0) is 14.3 Å². The van der Waals surface area contributed by atoms with Gasteiger partial charge in [0.05, 0.1) is 12.2 Å². The van der Waals surface area contributed by atoms with Gasteiger partial charge in [0.1, 0.15) is 5.69 Å². The van der Waals surface area contributed by atoms with Crippen LogP contribution in [0, 0.1) is 13.8 Å². The third-order valence-corrected chi connectivity index (χ3v) is 4.61. The van der Waals surface area contributed by atoms with Crippen LogP contribution in [-0.4, -0.2) is 42.6 Å². The van der Waals surface area contributed by atoms with Crippen LogP contribution in [0.15, 0.2) is 11.6 Å². The van der Waals surface area contributed by atoms with Crippen LogP contribution in [0.1, 0.15) is 71.1 Å². The summed E-state index contributed by atoms with van der Waals surface area (Å²) in [5.74, 6) is -1.50. The van der Waals surface area contributed by atoms with Crippen molar-refractivity contribution in [2.24, 2.45) is 0 Å². The minimum Gasteiger partial charge on any atom is -0.462 e. The Bertz CT molecular complexity index is 733. The maximum Gasteiger partial charge on any atom is 0.355 e. The molecule has 2 N–H and O–H groups in total. The molecule has 0 saturated carbocycles. The number of aromatic amines is 1. The molecule has 2 rings (SSSR count). The zero-order valence-corrected chi connectivity index (χ0v) is 16.3. The molecule has 0 atom stereocenters. The lowest BCUT2D eigenvalue weighted by molar-refractivity contribution is -0.124. The van der Waals surface area contributed by atoms with Crippen molar-refractivity contribution in [1.82, 2.24) is 10.3 Å². The number of amides is 1. The van der Waals surface area contributed by atoms with Gasteiger partial charge in [-0.25, -0.2) is 9.59 Å². The summed E-state index contributed by atoms with van der Waals surface area (Å²) in [5, 5.41) is 2.76. The van der Waals surface area contributed by atoms with Gasteiger partial charge in [-0.3, -0.25) is 4.79 Å². The second-order valence-corrected chi connectivity index (χ2v) is 6.63. The fraction of sp³-hybridized carbons (Fsp3) is 0.550. The van der Waals surface area contributed by atoms with Gasteiger partial charge in [0.15, 0.2) is 6.61 Å². The number of ether oxygens (including phenoxy) is 2. The molecule has 1 heterocycles. The summed E-state index contributed by atoms with van der Waals surface area (Å²) in [6.07, 6.45) is 7.73. The van der Waals surface area contributed by atoms with Crippen molar-refractivity contribution in [2.75, 3.05) is 19.8 Å². The fourth-order valence-electron chi connectivity index (χ4n) is 3.21. The Morgan fingerprint density at radius 1 is 1.15 bits per heavy atom. The van der Waals surface area contributed by atoms with Crippen molar-refractivity contribution >= 4 is 17.8 Å². The van der Waals surface area contributed by atoms with E-state index in [2.05, 4.69) is 16.4 Å². The monoisotopic (exact) mass is 376 g/mol. The zero-order chi connectivity index (χ0) is 19.8. The van der Waals surface area contributed by atoms with Gasteiger partial charge in [-0.1, -0.05) is 11.6 Å². The van der Waals surface area contributed by atoms with Gasteiger partial charge in [-0.15, -0.1) is 0 Å². The molecule has 0 unspecified atom stereocenters. The number of allylic oxidation sites excluding steroid dienone is 1. The molecule has 0 spiro atoms. The lowest BCUT2D eigenvalue weighted by Crippen LogP contribution is -2.30. The Morgan fingerprint density at radius 3 is 2.59 bits per heavy atom. The lowest BCUT2D eigenvalue weighted by Gasteiger charge is -2.13. The number of carbonyl (C=O) groups is 3. The first-order chi connectivity index (χ1) is 12.9. The summed E-state index contributed by atoms with van der Waals surface area (Å²) in [5.41, 5.74) is 2.86. The molecule has 0 radical (unpaired) electrons. The number of esters is 2. The number of carbonyl (C=O) groups excluding carboxylic acids is 3. The lowest BCUT2D eigenvalue weighted by atomic mass is 9.97. The number of aryl methyl sites for hydroxylation is 1. The topological polar surface area (TPSA) is 97.5 Å². The summed E-state index contributed by atoms with van der Waals surface area (Å²) in [4.78, 5) is 38.9. The van der Waals surface area contributed by atoms with Gasteiger partial charge in [-0.05, 0) is 58.4 Å². The van der Waals surface area contributed by atoms with Crippen LogP contribution in [0.3, 0.4) is 0 Å². The fourth-order valence-corrected chi connectivity index (χ4v) is 3.21. The first-order valence-corrected chi connectivity index (χ1v) is 9.42. The summed E-state index contributed by atoms with van der Waals surface area (Å²) in [7, 11) is 0. The van der Waals surface area contributed by atoms with E-state index in [4.69, 9.17) is 9.47 Å². The SMILES string of the molecule is CCOC(=O)c1c(C)[nH]c(C(=O)OCC(=O)NCCC2=CCCCC2)c1C. The van der Waals surface area contributed by atoms with E-state index in [1.807, 2.05) is 0 Å². The molecule has 0 saturated heterocycles. The Morgan fingerprint density at radius 2 is 1.93 bits per heavy atom. The van der Waals surface area contributed by atoms with Crippen LogP contribution in [0.2, 0.25) is 0 Å². The summed E-state index contributed by atoms with van der Waals surface area (Å²) in [6.45, 7) is 5.47. The first kappa shape index (κ1) is 20.7. The zero-order valence-electron chi connectivity index (χ0n) is 16.3. The number of aromatic nitrogens is 1. The highest BCUT2D eigenvalue weighted by Gasteiger charge is 2.24. The number of hydrogen-bond acceptors (Lipinski definition) is 5. The average Bonchev–Trinajstić information content (AvgIpc) is 2.95. The molecule has 1 aromatic rings. The van der Waals surface area contributed by atoms with E-state index < -0.39 is 11.9 Å². The molecule has 1 amide bonds. The van der Waals surface area contributed by atoms with E-state index in [9.17, 15) is 14.4 Å². The quantitative estimate of drug-likeness (QED) is 0.537. The Hall–Kier alpha value is -2.57. The van der Waals surface area contributed by atoms with Crippen molar-refractivity contribution < 1.29 is 23.9 Å². The maximum atomic E-state index is 12.2. The molecule has 1 aliphatic carbocycles. The van der Waals surface area contributed by atoms with Gasteiger partial charge in [0, 0.05) is 12.2 Å². The van der Waals surface area contributed by atoms with E-state index in [-0.39, 0.29) is 24.8 Å². The maximum absolute atomic E-state index is 12.2. The van der Waals surface area contributed by atoms with E-state index in [0.29, 0.717) is 23.4 Å². The van der Waals surface area contributed by atoms with Crippen molar-refractivity contribution in [1.29, 1.82) is 0 Å². The largest absolute Gasteiger partial charge is 0.462 e. The number of hydrogen-bond donors (Lipinski definition) is 2. The molecule has 7 nitrogen and oxygen atoms in total. The van der Waals surface area contributed by atoms with E-state index in [1.54, 1.807) is 20.8 Å². The second-order valence-electron chi connectivity index (χ2n) is 6.63. The second kappa shape index (κ2) is 9.94. The van der Waals surface area contributed by atoms with Crippen molar-refractivity contribution in [3.05, 3.63) is 34.2 Å². The van der Waals surface area contributed by atoms with Gasteiger partial charge in [0.2, 0.25) is 0 Å². The van der Waals surface area contributed by atoms with Crippen LogP contribution >= 0.6 is 0 Å². The normalized spacial score (nSPS) is 13.7. The van der Waals surface area contributed by atoms with Crippen LogP contribution in [0.4, 0.5) is 0 Å². The highest BCUT2D eigenvalue weighted by Crippen LogP contribution is 2.20. The smallest absolute Gasteiger partial charge is 0.355 e. The Balaban J connectivity index is 1.82. The molecule has 0 fully saturated rings. The third kappa shape index (κ3) is 5.70. The molecule has 148 valence electrons. The van der Waals surface area contributed by atoms with Crippen molar-refractivity contribution in [3.63, 3.8) is 0 Å². The number of nitrogens with one attached hydrogen (secondary N) is 2. The predicted octanol–water partition coefficient (Wildman–Crippen LogP) is 2.97. The average molecular weight is 376 g/mol. The molecular formula is C20H28N2O5. The predicted molar refractivity (Wildman–Crippen MR) is 101 cm³/mol. The first-order valence-electron chi connectivity index (χ1n) is 9.42. The van der Waals surface area contributed by atoms with Crippen LogP contribution in [0.25, 0.3) is 0 Å². The summed E-state index contributed by atoms with van der Waals surface area (Å²) >= 11 is 0. The van der Waals surface area contributed by atoms with Crippen molar-refractivity contribution in [3.8, 4) is 0 Å². The molecule has 27 heavy (non-hydrogen) atoms. The molecule has 1 aliphatic rings. The standard InChI is InChI=1S/C20H28N2O5/c1-4-26-19(24)17-13(2)18(22-14(17)3)20(25)27-12-16(23)21-11-10-15-8-6-5-7-9-15/h8,22H,4-7,9-12H2,1-3H3,(H,21,23). The van der Waals surface area contributed by atoms with Crippen LogP contribution in [0.5, 0.6) is 0 Å². The molecule has 0 bridgehead atoms. The Labute approximate surface area is 159 Å². The van der Waals surface area contributed by atoms with Gasteiger partial charge in [-0.2, -0.15) is 0 Å². The van der Waals surface area contributed by atoms with Crippen molar-refractivity contribution in [2.45, 2.75) is 52.9 Å². The third-order valence-electron chi connectivity index (χ3n) is 4.61. The summed E-state index contributed by atoms with van der Waals surface area (Å²) < 4.78 is 10.1. The molecule has 0 aliphatic heterocycles. The minimum atomic E-state index is -0.670. The Kier molecular flexibility index (Phi) is 7.64. The molecule has 7 heteroatoms.